The van der Waals surface area contributed by atoms with Crippen molar-refractivity contribution in [3.63, 3.8) is 0 Å². The zero-order valence-electron chi connectivity index (χ0n) is 20.8. The minimum absolute atomic E-state index is 0.0606. The van der Waals surface area contributed by atoms with Gasteiger partial charge in [-0.15, -0.1) is 0 Å². The van der Waals surface area contributed by atoms with Crippen LogP contribution in [-0.2, 0) is 0 Å². The summed E-state index contributed by atoms with van der Waals surface area (Å²) in [5.41, 5.74) is 0.704. The zero-order chi connectivity index (χ0) is 25.0. The Balaban J connectivity index is 0.000000806. The van der Waals surface area contributed by atoms with E-state index in [9.17, 15) is 15.3 Å². The van der Waals surface area contributed by atoms with Crippen LogP contribution in [0.15, 0.2) is 46.7 Å². The van der Waals surface area contributed by atoms with Gasteiger partial charge in [-0.05, 0) is 87.4 Å². The van der Waals surface area contributed by atoms with E-state index in [2.05, 4.69) is 23.3 Å². The van der Waals surface area contributed by atoms with Gasteiger partial charge in [0.15, 0.2) is 12.0 Å². The van der Waals surface area contributed by atoms with Crippen LogP contribution in [0.25, 0.3) is 16.7 Å². The summed E-state index contributed by atoms with van der Waals surface area (Å²) in [6, 6.07) is 5.99. The van der Waals surface area contributed by atoms with E-state index in [-0.39, 0.29) is 23.7 Å². The van der Waals surface area contributed by atoms with Crippen molar-refractivity contribution >= 4 is 16.7 Å². The van der Waals surface area contributed by atoms with Crippen molar-refractivity contribution < 1.29 is 24.1 Å². The molecule has 7 heteroatoms. The highest BCUT2D eigenvalue weighted by molar-refractivity contribution is 5.82. The molecule has 35 heavy (non-hydrogen) atoms. The summed E-state index contributed by atoms with van der Waals surface area (Å²) in [6.07, 6.45) is 6.68. The summed E-state index contributed by atoms with van der Waals surface area (Å²) in [4.78, 5) is 4.20. The number of alkyl halides is 1. The van der Waals surface area contributed by atoms with E-state index in [1.807, 2.05) is 38.4 Å². The molecular weight excluding hydrogens is 447 g/mol. The molecule has 0 radical (unpaired) electrons. The molecule has 6 unspecified atom stereocenters. The molecule has 4 N–H and O–H groups in total. The number of aromatic nitrogens is 1. The van der Waals surface area contributed by atoms with E-state index >= 15 is 4.39 Å². The van der Waals surface area contributed by atoms with Crippen molar-refractivity contribution in [3.05, 3.63) is 47.9 Å². The van der Waals surface area contributed by atoms with Gasteiger partial charge in [0.2, 0.25) is 0 Å². The molecule has 7 atom stereocenters. The summed E-state index contributed by atoms with van der Waals surface area (Å²) in [5.74, 6) is -0.482. The van der Waals surface area contributed by atoms with Gasteiger partial charge >= 0.3 is 0 Å². The lowest BCUT2D eigenvalue weighted by Gasteiger charge is -2.50. The number of nitrogens with zero attached hydrogens (tertiary/aromatic N) is 1. The van der Waals surface area contributed by atoms with Gasteiger partial charge in [0.25, 0.3) is 0 Å². The molecule has 0 aliphatic heterocycles. The molecule has 2 fully saturated rings. The van der Waals surface area contributed by atoms with Crippen molar-refractivity contribution in [1.82, 2.24) is 10.3 Å². The van der Waals surface area contributed by atoms with Crippen LogP contribution < -0.4 is 5.32 Å². The Bertz CT molecular complexity index is 1160. The van der Waals surface area contributed by atoms with E-state index in [4.69, 9.17) is 4.42 Å². The SMILES string of the molecule is CC12CC=C3C(O)C4(F)CC(O)CCC4CC[C@]3(O)C1CC=C2c1ccc2ncoc2c1.CNC. The largest absolute Gasteiger partial charge is 0.443 e. The monoisotopic (exact) mass is 484 g/mol. The lowest BCUT2D eigenvalue weighted by molar-refractivity contribution is -0.0963. The van der Waals surface area contributed by atoms with E-state index < -0.39 is 23.5 Å². The normalized spacial score (nSPS) is 40.4. The molecule has 1 aromatic heterocycles. The second-order valence-electron chi connectivity index (χ2n) is 11.1. The highest BCUT2D eigenvalue weighted by Gasteiger charge is 2.62. The Hall–Kier alpha value is -2.06. The van der Waals surface area contributed by atoms with Gasteiger partial charge in [0, 0.05) is 17.8 Å². The average molecular weight is 485 g/mol. The molecule has 1 aromatic carbocycles. The highest BCUT2D eigenvalue weighted by atomic mass is 19.1. The number of halogens is 1. The summed E-state index contributed by atoms with van der Waals surface area (Å²) in [7, 11) is 3.75. The molecule has 1 heterocycles. The maximum absolute atomic E-state index is 16.2. The van der Waals surface area contributed by atoms with Crippen molar-refractivity contribution in [3.8, 4) is 0 Å². The average Bonchev–Trinajstić information content (AvgIpc) is 3.41. The van der Waals surface area contributed by atoms with Gasteiger partial charge in [0.05, 0.1) is 11.7 Å². The number of oxazole rings is 1. The number of aliphatic hydroxyl groups excluding tert-OH is 2. The predicted molar refractivity (Wildman–Crippen MR) is 133 cm³/mol. The lowest BCUT2D eigenvalue weighted by atomic mass is 9.57. The molecule has 0 bridgehead atoms. The van der Waals surface area contributed by atoms with Gasteiger partial charge in [0.1, 0.15) is 17.3 Å². The van der Waals surface area contributed by atoms with Crippen molar-refractivity contribution in [2.45, 2.75) is 75.3 Å². The maximum Gasteiger partial charge on any atom is 0.181 e. The van der Waals surface area contributed by atoms with Crippen molar-refractivity contribution in [1.29, 1.82) is 0 Å². The van der Waals surface area contributed by atoms with Gasteiger partial charge in [-0.1, -0.05) is 25.1 Å². The Morgan fingerprint density at radius 3 is 2.69 bits per heavy atom. The molecule has 0 spiro atoms. The highest BCUT2D eigenvalue weighted by Crippen LogP contribution is 2.63. The number of benzene rings is 1. The van der Waals surface area contributed by atoms with E-state index in [1.54, 1.807) is 0 Å². The van der Waals surface area contributed by atoms with E-state index in [0.29, 0.717) is 44.1 Å². The molecule has 6 nitrogen and oxygen atoms in total. The fraction of sp³-hybridized carbons (Fsp3) is 0.607. The molecule has 2 aromatic rings. The van der Waals surface area contributed by atoms with Gasteiger partial charge < -0.3 is 25.1 Å². The third-order valence-electron chi connectivity index (χ3n) is 9.11. The zero-order valence-corrected chi connectivity index (χ0v) is 20.8. The number of hydrogen-bond acceptors (Lipinski definition) is 6. The molecule has 2 saturated carbocycles. The number of rotatable bonds is 1. The number of fused-ring (bicyclic) bond motifs is 5. The fourth-order valence-electron chi connectivity index (χ4n) is 7.36. The molecule has 0 amide bonds. The molecule has 6 rings (SSSR count). The topological polar surface area (TPSA) is 98.8 Å². The number of aliphatic hydroxyl groups is 3. The first kappa shape index (κ1) is 24.6. The first-order valence-electron chi connectivity index (χ1n) is 12.8. The molecule has 4 aliphatic rings. The van der Waals surface area contributed by atoms with Crippen LogP contribution in [0.3, 0.4) is 0 Å². The standard InChI is InChI=1S/C26H30FNO4.C2H7N/c1-24-10-9-19-23(30)25(27)13-17(29)4-3-16(25)8-11-26(19,31)22(24)7-5-18(24)15-2-6-20-21(12-15)32-14-28-20;1-3-2/h2,5-6,9,12,14,16-17,22-23,29-31H,3-4,7-8,10-11,13H2,1H3;3H,1-2H3/t16?,17?,22?,23?,24?,25?,26-;/m1./s1. The van der Waals surface area contributed by atoms with Crippen LogP contribution in [-0.4, -0.2) is 57.9 Å². The van der Waals surface area contributed by atoms with Crippen LogP contribution in [0.4, 0.5) is 4.39 Å². The van der Waals surface area contributed by atoms with Crippen LogP contribution in [0.1, 0.15) is 57.4 Å². The van der Waals surface area contributed by atoms with Crippen LogP contribution in [0.5, 0.6) is 0 Å². The Labute approximate surface area is 205 Å². The predicted octanol–water partition coefficient (Wildman–Crippen LogP) is 4.16. The molecule has 4 aliphatic carbocycles. The minimum atomic E-state index is -1.88. The van der Waals surface area contributed by atoms with Crippen molar-refractivity contribution in [2.24, 2.45) is 17.3 Å². The number of hydrogen-bond donors (Lipinski definition) is 4. The van der Waals surface area contributed by atoms with E-state index in [0.717, 1.165) is 22.2 Å². The maximum atomic E-state index is 16.2. The Kier molecular flexibility index (Phi) is 6.19. The quantitative estimate of drug-likeness (QED) is 0.454. The van der Waals surface area contributed by atoms with Crippen LogP contribution in [0, 0.1) is 17.3 Å². The molecular formula is C28H37FN2O4. The third-order valence-corrected chi connectivity index (χ3v) is 9.11. The van der Waals surface area contributed by atoms with E-state index in [1.165, 1.54) is 6.39 Å². The number of allylic oxidation sites excluding steroid dienone is 3. The third kappa shape index (κ3) is 3.70. The van der Waals surface area contributed by atoms with Crippen molar-refractivity contribution in [2.75, 3.05) is 14.1 Å². The van der Waals surface area contributed by atoms with Gasteiger partial charge in [-0.25, -0.2) is 9.37 Å². The fourth-order valence-corrected chi connectivity index (χ4v) is 7.36. The first-order valence-corrected chi connectivity index (χ1v) is 12.8. The summed E-state index contributed by atoms with van der Waals surface area (Å²) < 4.78 is 21.7. The van der Waals surface area contributed by atoms with Gasteiger partial charge in [-0.2, -0.15) is 0 Å². The second-order valence-corrected chi connectivity index (χ2v) is 11.1. The molecule has 0 saturated heterocycles. The summed E-state index contributed by atoms with van der Waals surface area (Å²) >= 11 is 0. The van der Waals surface area contributed by atoms with Crippen LogP contribution in [0.2, 0.25) is 0 Å². The lowest BCUT2D eigenvalue weighted by Crippen LogP contribution is -2.55. The smallest absolute Gasteiger partial charge is 0.181 e. The first-order chi connectivity index (χ1) is 16.7. The Morgan fingerprint density at radius 1 is 1.14 bits per heavy atom. The minimum Gasteiger partial charge on any atom is -0.443 e. The number of nitrogens with one attached hydrogen (secondary N) is 1. The van der Waals surface area contributed by atoms with Gasteiger partial charge in [-0.3, -0.25) is 0 Å². The summed E-state index contributed by atoms with van der Waals surface area (Å²) in [6.45, 7) is 2.17. The van der Waals surface area contributed by atoms with Crippen LogP contribution >= 0.6 is 0 Å². The summed E-state index contributed by atoms with van der Waals surface area (Å²) in [5, 5.41) is 36.2. The second kappa shape index (κ2) is 8.80. The Morgan fingerprint density at radius 2 is 1.91 bits per heavy atom. The molecule has 190 valence electrons.